The lowest BCUT2D eigenvalue weighted by molar-refractivity contribution is -0.144. The molecule has 1 unspecified atom stereocenters. The Morgan fingerprint density at radius 2 is 1.81 bits per heavy atom. The van der Waals surface area contributed by atoms with Crippen LogP contribution in [0.4, 0.5) is 13.2 Å². The van der Waals surface area contributed by atoms with Crippen molar-refractivity contribution in [1.29, 1.82) is 0 Å². The summed E-state index contributed by atoms with van der Waals surface area (Å²) in [4.78, 5) is 35.7. The Morgan fingerprint density at radius 3 is 2.32 bits per heavy atom. The maximum absolute atomic E-state index is 13.1. The van der Waals surface area contributed by atoms with Crippen LogP contribution in [-0.4, -0.2) is 33.4 Å². The third kappa shape index (κ3) is 5.23. The number of carbonyl (C=O) groups is 1. The maximum Gasteiger partial charge on any atom is 0.431 e. The van der Waals surface area contributed by atoms with E-state index in [2.05, 4.69) is 0 Å². The summed E-state index contributed by atoms with van der Waals surface area (Å²) in [6.07, 6.45) is -5.14. The van der Waals surface area contributed by atoms with Gasteiger partial charge in [-0.15, -0.1) is 0 Å². The summed E-state index contributed by atoms with van der Waals surface area (Å²) < 4.78 is 50.3. The van der Waals surface area contributed by atoms with Gasteiger partial charge in [-0.3, -0.25) is 9.36 Å². The summed E-state index contributed by atoms with van der Waals surface area (Å²) in [5.41, 5.74) is -4.29. The van der Waals surface area contributed by atoms with Gasteiger partial charge in [-0.25, -0.2) is 14.2 Å². The predicted molar refractivity (Wildman–Crippen MR) is 105 cm³/mol. The summed E-state index contributed by atoms with van der Waals surface area (Å²) in [6, 6.07) is 2.46. The fourth-order valence-corrected chi connectivity index (χ4v) is 3.12. The normalized spacial score (nSPS) is 13.1. The standard InChI is InChI=1S/C18H15Cl2F3N2O6/c1-8(12(30-3)6-16(27)28)31-13-5-11(9(19)4-10(13)20)25-15(26)7-14(18(21,22)23)24(2)17(25)29/h4-8H,1-3H3,(H,27,28)/b12-6+. The average Bonchev–Trinajstić information content (AvgIpc) is 2.64. The van der Waals surface area contributed by atoms with Crippen molar-refractivity contribution in [1.82, 2.24) is 9.13 Å². The molecule has 2 aromatic rings. The van der Waals surface area contributed by atoms with E-state index in [-0.39, 0.29) is 37.9 Å². The number of aromatic nitrogens is 2. The second-order valence-electron chi connectivity index (χ2n) is 6.13. The monoisotopic (exact) mass is 482 g/mol. The topological polar surface area (TPSA) is 99.8 Å². The van der Waals surface area contributed by atoms with Gasteiger partial charge in [0, 0.05) is 19.2 Å². The number of aliphatic carboxylic acids is 1. The van der Waals surface area contributed by atoms with Crippen molar-refractivity contribution in [2.45, 2.75) is 19.2 Å². The molecule has 0 aliphatic rings. The number of hydrogen-bond donors (Lipinski definition) is 1. The fraction of sp³-hybridized carbons (Fsp3) is 0.278. The zero-order valence-electron chi connectivity index (χ0n) is 16.2. The van der Waals surface area contributed by atoms with Gasteiger partial charge in [-0.2, -0.15) is 13.2 Å². The highest BCUT2D eigenvalue weighted by molar-refractivity contribution is 6.36. The zero-order chi connectivity index (χ0) is 23.7. The molecule has 0 radical (unpaired) electrons. The van der Waals surface area contributed by atoms with Crippen LogP contribution in [0.3, 0.4) is 0 Å². The molecule has 1 aromatic heterocycles. The Hall–Kier alpha value is -2.92. The second kappa shape index (κ2) is 9.06. The van der Waals surface area contributed by atoms with E-state index in [1.807, 2.05) is 0 Å². The highest BCUT2D eigenvalue weighted by Gasteiger charge is 2.35. The van der Waals surface area contributed by atoms with Gasteiger partial charge in [0.25, 0.3) is 5.56 Å². The molecule has 0 aliphatic carbocycles. The van der Waals surface area contributed by atoms with Crippen LogP contribution in [0.2, 0.25) is 10.0 Å². The number of alkyl halides is 3. The Bertz CT molecular complexity index is 1170. The molecule has 0 saturated carbocycles. The molecule has 0 saturated heterocycles. The number of ether oxygens (including phenoxy) is 2. The maximum atomic E-state index is 13.1. The Morgan fingerprint density at radius 1 is 1.19 bits per heavy atom. The molecule has 13 heteroatoms. The first-order valence-electron chi connectivity index (χ1n) is 8.32. The number of nitrogens with zero attached hydrogens (tertiary/aromatic N) is 2. The van der Waals surface area contributed by atoms with Gasteiger partial charge >= 0.3 is 17.8 Å². The zero-order valence-corrected chi connectivity index (χ0v) is 17.7. The molecular formula is C18H15Cl2F3N2O6. The van der Waals surface area contributed by atoms with Crippen LogP contribution < -0.4 is 16.0 Å². The summed E-state index contributed by atoms with van der Waals surface area (Å²) >= 11 is 12.2. The summed E-state index contributed by atoms with van der Waals surface area (Å²) in [6.45, 7) is 1.44. The Labute approximate surface area is 182 Å². The third-order valence-electron chi connectivity index (χ3n) is 4.06. The van der Waals surface area contributed by atoms with Crippen molar-refractivity contribution in [3.05, 3.63) is 66.6 Å². The molecule has 31 heavy (non-hydrogen) atoms. The number of rotatable bonds is 6. The first-order chi connectivity index (χ1) is 14.3. The van der Waals surface area contributed by atoms with Crippen molar-refractivity contribution < 1.29 is 32.5 Å². The van der Waals surface area contributed by atoms with Gasteiger partial charge < -0.3 is 14.6 Å². The molecule has 0 fully saturated rings. The minimum atomic E-state index is -4.92. The quantitative estimate of drug-likeness (QED) is 0.501. The second-order valence-corrected chi connectivity index (χ2v) is 6.94. The van der Waals surface area contributed by atoms with E-state index in [0.29, 0.717) is 4.57 Å². The average molecular weight is 483 g/mol. The van der Waals surface area contributed by atoms with Gasteiger partial charge in [-0.05, 0) is 13.0 Å². The van der Waals surface area contributed by atoms with Crippen LogP contribution in [-0.2, 0) is 22.8 Å². The third-order valence-corrected chi connectivity index (χ3v) is 4.66. The van der Waals surface area contributed by atoms with Crippen molar-refractivity contribution in [2.75, 3.05) is 7.11 Å². The van der Waals surface area contributed by atoms with Crippen LogP contribution in [0.1, 0.15) is 12.6 Å². The van der Waals surface area contributed by atoms with Crippen LogP contribution in [0.25, 0.3) is 5.69 Å². The molecule has 0 aliphatic heterocycles. The molecule has 1 aromatic carbocycles. The van der Waals surface area contributed by atoms with Crippen LogP contribution in [0.5, 0.6) is 5.75 Å². The smallest absolute Gasteiger partial charge is 0.431 e. The lowest BCUT2D eigenvalue weighted by Gasteiger charge is -2.19. The van der Waals surface area contributed by atoms with Crippen molar-refractivity contribution >= 4 is 29.2 Å². The first kappa shape index (κ1) is 24.4. The Balaban J connectivity index is 2.64. The number of benzene rings is 1. The van der Waals surface area contributed by atoms with E-state index in [1.54, 1.807) is 0 Å². The first-order valence-corrected chi connectivity index (χ1v) is 9.08. The van der Waals surface area contributed by atoms with E-state index < -0.39 is 35.2 Å². The molecule has 0 amide bonds. The van der Waals surface area contributed by atoms with Crippen molar-refractivity contribution in [3.8, 4) is 11.4 Å². The largest absolute Gasteiger partial charge is 0.497 e. The van der Waals surface area contributed by atoms with E-state index in [9.17, 15) is 27.6 Å². The van der Waals surface area contributed by atoms with Gasteiger partial charge in [0.2, 0.25) is 0 Å². The van der Waals surface area contributed by atoms with E-state index >= 15 is 0 Å². The van der Waals surface area contributed by atoms with Crippen molar-refractivity contribution in [2.24, 2.45) is 7.05 Å². The summed E-state index contributed by atoms with van der Waals surface area (Å²) in [5.74, 6) is -1.51. The lowest BCUT2D eigenvalue weighted by atomic mass is 10.2. The predicted octanol–water partition coefficient (Wildman–Crippen LogP) is 3.24. The van der Waals surface area contributed by atoms with Gasteiger partial charge in [0.15, 0.2) is 6.10 Å². The highest BCUT2D eigenvalue weighted by Crippen LogP contribution is 2.34. The summed E-state index contributed by atoms with van der Waals surface area (Å²) in [5, 5.41) is 8.59. The number of carboxylic acid groups (broad SMARTS) is 1. The van der Waals surface area contributed by atoms with Crippen LogP contribution in [0.15, 0.2) is 39.6 Å². The molecular weight excluding hydrogens is 468 g/mol. The molecule has 168 valence electrons. The number of hydrogen-bond acceptors (Lipinski definition) is 5. The van der Waals surface area contributed by atoms with E-state index in [4.69, 9.17) is 37.8 Å². The molecule has 1 atom stereocenters. The minimum absolute atomic E-state index is 0.0665. The summed E-state index contributed by atoms with van der Waals surface area (Å²) in [7, 11) is 2.07. The lowest BCUT2D eigenvalue weighted by Crippen LogP contribution is -2.40. The number of methoxy groups -OCH3 is 1. The molecule has 2 rings (SSSR count). The minimum Gasteiger partial charge on any atom is -0.497 e. The number of carboxylic acids is 1. The number of halogens is 5. The molecule has 1 N–H and O–H groups in total. The SMILES string of the molecule is CO/C(=C/C(=O)O)C(C)Oc1cc(-n2c(=O)cc(C(F)(F)F)n(C)c2=O)c(Cl)cc1Cl. The van der Waals surface area contributed by atoms with Gasteiger partial charge in [0.05, 0.1) is 28.9 Å². The molecule has 0 bridgehead atoms. The molecule has 8 nitrogen and oxygen atoms in total. The van der Waals surface area contributed by atoms with E-state index in [0.717, 1.165) is 25.3 Å². The van der Waals surface area contributed by atoms with Gasteiger partial charge in [-0.1, -0.05) is 23.2 Å². The van der Waals surface area contributed by atoms with Crippen molar-refractivity contribution in [3.63, 3.8) is 0 Å². The highest BCUT2D eigenvalue weighted by atomic mass is 35.5. The molecule has 0 spiro atoms. The Kier molecular flexibility index (Phi) is 7.12. The van der Waals surface area contributed by atoms with E-state index in [1.165, 1.54) is 14.0 Å². The fourth-order valence-electron chi connectivity index (χ4n) is 2.61. The van der Waals surface area contributed by atoms with Crippen LogP contribution in [0, 0.1) is 0 Å². The molecule has 1 heterocycles. The van der Waals surface area contributed by atoms with Crippen LogP contribution >= 0.6 is 23.2 Å². The van der Waals surface area contributed by atoms with Gasteiger partial charge in [0.1, 0.15) is 17.2 Å².